The van der Waals surface area contributed by atoms with E-state index in [1.807, 2.05) is 15.9 Å². The molecule has 1 unspecified atom stereocenters. The number of anilines is 1. The van der Waals surface area contributed by atoms with Crippen molar-refractivity contribution < 1.29 is 14.0 Å². The van der Waals surface area contributed by atoms with E-state index < -0.39 is 0 Å². The van der Waals surface area contributed by atoms with Crippen LogP contribution >= 0.6 is 0 Å². The minimum absolute atomic E-state index is 0.0269. The Morgan fingerprint density at radius 2 is 1.93 bits per heavy atom. The molecule has 1 N–H and O–H groups in total. The van der Waals surface area contributed by atoms with Crippen LogP contribution in [0.25, 0.3) is 0 Å². The smallest absolute Gasteiger partial charge is 0.237 e. The maximum Gasteiger partial charge on any atom is 0.237 e. The molecule has 30 heavy (non-hydrogen) atoms. The number of amides is 2. The Morgan fingerprint density at radius 1 is 1.10 bits per heavy atom. The summed E-state index contributed by atoms with van der Waals surface area (Å²) in [6.07, 6.45) is 3.33. The monoisotopic (exact) mass is 410 g/mol. The number of aryl methyl sites for hydroxylation is 1. The van der Waals surface area contributed by atoms with Gasteiger partial charge in [-0.3, -0.25) is 14.5 Å². The molecule has 0 bridgehead atoms. The number of hydrogen-bond donors (Lipinski definition) is 1. The van der Waals surface area contributed by atoms with E-state index in [1.54, 1.807) is 12.3 Å². The first-order chi connectivity index (χ1) is 14.6. The van der Waals surface area contributed by atoms with E-state index in [-0.39, 0.29) is 17.9 Å². The predicted octanol–water partition coefficient (Wildman–Crippen LogP) is 2.02. The van der Waals surface area contributed by atoms with Gasteiger partial charge in [0.15, 0.2) is 0 Å². The lowest BCUT2D eigenvalue weighted by Crippen LogP contribution is -2.53. The van der Waals surface area contributed by atoms with Crippen molar-refractivity contribution in [2.24, 2.45) is 0 Å². The van der Waals surface area contributed by atoms with Crippen molar-refractivity contribution in [3.05, 3.63) is 54.0 Å². The van der Waals surface area contributed by atoms with Crippen LogP contribution < -0.4 is 10.2 Å². The van der Waals surface area contributed by atoms with E-state index in [9.17, 15) is 9.59 Å². The molecule has 2 fully saturated rings. The van der Waals surface area contributed by atoms with E-state index in [0.29, 0.717) is 13.1 Å². The fourth-order valence-electron chi connectivity index (χ4n) is 4.33. The first-order valence-electron chi connectivity index (χ1n) is 10.7. The average molecular weight is 411 g/mol. The van der Waals surface area contributed by atoms with Crippen LogP contribution in [0.1, 0.15) is 24.2 Å². The highest BCUT2D eigenvalue weighted by Gasteiger charge is 2.33. The van der Waals surface area contributed by atoms with E-state index in [1.165, 1.54) is 11.3 Å². The van der Waals surface area contributed by atoms with Gasteiger partial charge in [0.2, 0.25) is 11.8 Å². The van der Waals surface area contributed by atoms with Crippen LogP contribution in [0.2, 0.25) is 0 Å². The summed E-state index contributed by atoms with van der Waals surface area (Å²) in [6, 6.07) is 11.9. The second-order valence-electron chi connectivity index (χ2n) is 8.13. The normalized spacial score (nSPS) is 19.8. The molecule has 0 spiro atoms. The molecule has 2 saturated heterocycles. The van der Waals surface area contributed by atoms with Gasteiger partial charge in [0.1, 0.15) is 5.76 Å². The van der Waals surface area contributed by atoms with Gasteiger partial charge in [0.05, 0.1) is 25.4 Å². The molecule has 1 aromatic heterocycles. The third kappa shape index (κ3) is 4.84. The Labute approximate surface area is 177 Å². The van der Waals surface area contributed by atoms with Gasteiger partial charge in [-0.15, -0.1) is 0 Å². The Bertz CT molecular complexity index is 859. The van der Waals surface area contributed by atoms with Crippen molar-refractivity contribution >= 4 is 17.5 Å². The summed E-state index contributed by atoms with van der Waals surface area (Å²) >= 11 is 0. The number of carbonyl (C=O) groups is 2. The molecule has 7 nitrogen and oxygen atoms in total. The highest BCUT2D eigenvalue weighted by atomic mass is 16.3. The second kappa shape index (κ2) is 9.34. The van der Waals surface area contributed by atoms with Gasteiger partial charge >= 0.3 is 0 Å². The second-order valence-corrected chi connectivity index (χ2v) is 8.13. The topological polar surface area (TPSA) is 69.0 Å². The van der Waals surface area contributed by atoms with Crippen LogP contribution in [0, 0.1) is 6.92 Å². The zero-order valence-corrected chi connectivity index (χ0v) is 17.5. The molecule has 0 saturated carbocycles. The van der Waals surface area contributed by atoms with Crippen molar-refractivity contribution in [3.63, 3.8) is 0 Å². The van der Waals surface area contributed by atoms with Crippen molar-refractivity contribution in [3.8, 4) is 0 Å². The zero-order valence-electron chi connectivity index (χ0n) is 17.5. The molecule has 2 amide bonds. The summed E-state index contributed by atoms with van der Waals surface area (Å²) in [4.78, 5) is 31.8. The van der Waals surface area contributed by atoms with Gasteiger partial charge in [-0.1, -0.05) is 12.1 Å². The average Bonchev–Trinajstić information content (AvgIpc) is 3.44. The lowest BCUT2D eigenvalue weighted by Gasteiger charge is -2.37. The van der Waals surface area contributed by atoms with Crippen molar-refractivity contribution in [1.29, 1.82) is 0 Å². The number of furan rings is 1. The molecule has 7 heteroatoms. The fourth-order valence-corrected chi connectivity index (χ4v) is 4.33. The summed E-state index contributed by atoms with van der Waals surface area (Å²) < 4.78 is 5.27. The summed E-state index contributed by atoms with van der Waals surface area (Å²) in [5.41, 5.74) is 2.46. The Kier molecular flexibility index (Phi) is 6.38. The van der Waals surface area contributed by atoms with Crippen molar-refractivity contribution in [2.45, 2.75) is 32.4 Å². The number of likely N-dealkylation sites (tertiary alicyclic amines) is 1. The minimum Gasteiger partial charge on any atom is -0.467 e. The van der Waals surface area contributed by atoms with Gasteiger partial charge in [-0.25, -0.2) is 0 Å². The zero-order chi connectivity index (χ0) is 20.9. The van der Waals surface area contributed by atoms with E-state index >= 15 is 0 Å². The largest absolute Gasteiger partial charge is 0.467 e. The standard InChI is InChI=1S/C23H30N4O3/c1-18-5-2-6-19(15-18)25-10-12-26(13-11-25)22(28)17-27-9-3-8-21(27)23(29)24-16-20-7-4-14-30-20/h2,4-7,14-15,21H,3,8-13,16-17H2,1H3,(H,24,29). The molecule has 0 radical (unpaired) electrons. The van der Waals surface area contributed by atoms with E-state index in [4.69, 9.17) is 4.42 Å². The highest BCUT2D eigenvalue weighted by Crippen LogP contribution is 2.20. The molecule has 2 aromatic rings. The number of nitrogens with zero attached hydrogens (tertiary/aromatic N) is 3. The van der Waals surface area contributed by atoms with Crippen LogP contribution in [0.5, 0.6) is 0 Å². The molecule has 3 heterocycles. The number of hydrogen-bond acceptors (Lipinski definition) is 5. The quantitative estimate of drug-likeness (QED) is 0.789. The molecular weight excluding hydrogens is 380 g/mol. The van der Waals surface area contributed by atoms with Crippen LogP contribution in [-0.4, -0.2) is 66.9 Å². The minimum atomic E-state index is -0.238. The summed E-state index contributed by atoms with van der Waals surface area (Å²) in [6.45, 7) is 6.68. The molecule has 1 aromatic carbocycles. The molecule has 160 valence electrons. The molecule has 0 aliphatic carbocycles. The first kappa shape index (κ1) is 20.5. The first-order valence-corrected chi connectivity index (χ1v) is 10.7. The summed E-state index contributed by atoms with van der Waals surface area (Å²) in [7, 11) is 0. The van der Waals surface area contributed by atoms with Gasteiger partial charge in [-0.05, 0) is 56.1 Å². The van der Waals surface area contributed by atoms with Crippen LogP contribution in [-0.2, 0) is 16.1 Å². The summed E-state index contributed by atoms with van der Waals surface area (Å²) in [5.74, 6) is 0.820. The van der Waals surface area contributed by atoms with Crippen molar-refractivity contribution in [2.75, 3.05) is 44.2 Å². The van der Waals surface area contributed by atoms with E-state index in [0.717, 1.165) is 51.3 Å². The van der Waals surface area contributed by atoms with Crippen molar-refractivity contribution in [1.82, 2.24) is 15.1 Å². The maximum atomic E-state index is 12.9. The molecule has 2 aliphatic rings. The maximum absolute atomic E-state index is 12.9. The van der Waals surface area contributed by atoms with Crippen LogP contribution in [0.4, 0.5) is 5.69 Å². The van der Waals surface area contributed by atoms with Crippen LogP contribution in [0.3, 0.4) is 0 Å². The lowest BCUT2D eigenvalue weighted by molar-refractivity contribution is -0.134. The Morgan fingerprint density at radius 3 is 2.67 bits per heavy atom. The Hall–Kier alpha value is -2.80. The molecule has 1 atom stereocenters. The third-order valence-electron chi connectivity index (χ3n) is 6.02. The number of carbonyl (C=O) groups excluding carboxylic acids is 2. The van der Waals surface area contributed by atoms with Crippen LogP contribution in [0.15, 0.2) is 47.1 Å². The van der Waals surface area contributed by atoms with Gasteiger partial charge < -0.3 is 19.5 Å². The fraction of sp³-hybridized carbons (Fsp3) is 0.478. The highest BCUT2D eigenvalue weighted by molar-refractivity contribution is 5.84. The Balaban J connectivity index is 1.26. The van der Waals surface area contributed by atoms with E-state index in [2.05, 4.69) is 41.4 Å². The lowest BCUT2D eigenvalue weighted by atomic mass is 10.2. The number of benzene rings is 1. The SMILES string of the molecule is Cc1cccc(N2CCN(C(=O)CN3CCCC3C(=O)NCc3ccco3)CC2)c1. The number of nitrogens with one attached hydrogen (secondary N) is 1. The molecular formula is C23H30N4O3. The molecule has 4 rings (SSSR count). The third-order valence-corrected chi connectivity index (χ3v) is 6.02. The number of piperazine rings is 1. The molecule has 2 aliphatic heterocycles. The van der Waals surface area contributed by atoms with Gasteiger partial charge in [-0.2, -0.15) is 0 Å². The van der Waals surface area contributed by atoms with Gasteiger partial charge in [0.25, 0.3) is 0 Å². The predicted molar refractivity (Wildman–Crippen MR) is 115 cm³/mol. The van der Waals surface area contributed by atoms with Gasteiger partial charge in [0, 0.05) is 31.9 Å². The number of rotatable bonds is 6. The summed E-state index contributed by atoms with van der Waals surface area (Å²) in [5, 5.41) is 2.93.